The van der Waals surface area contributed by atoms with E-state index in [0.29, 0.717) is 12.0 Å². The third kappa shape index (κ3) is 2.79. The van der Waals surface area contributed by atoms with Gasteiger partial charge in [-0.05, 0) is 73.4 Å². The zero-order valence-corrected chi connectivity index (χ0v) is 14.1. The Balaban J connectivity index is 2.02. The van der Waals surface area contributed by atoms with Crippen molar-refractivity contribution < 1.29 is 0 Å². The molecule has 0 fully saturated rings. The Morgan fingerprint density at radius 1 is 1.29 bits per heavy atom. The van der Waals surface area contributed by atoms with Crippen molar-refractivity contribution in [3.05, 3.63) is 56.8 Å². The molecule has 2 unspecified atom stereocenters. The van der Waals surface area contributed by atoms with Crippen molar-refractivity contribution in [1.29, 1.82) is 0 Å². The van der Waals surface area contributed by atoms with E-state index in [0.717, 1.165) is 6.54 Å². The Bertz CT molecular complexity index is 614. The number of rotatable bonds is 4. The van der Waals surface area contributed by atoms with Crippen LogP contribution in [-0.2, 0) is 6.42 Å². The standard InChI is InChI=1S/C19H25NS/c1-4-20-19(15-8-5-7-13(2)14(15)3)17-9-6-10-18-16(17)11-12-21-18/h5,7-8,11-12,17,19-20H,4,6,9-10H2,1-3H3. The van der Waals surface area contributed by atoms with E-state index in [2.05, 4.69) is 55.7 Å². The number of fused-ring (bicyclic) bond motifs is 1. The molecule has 0 saturated heterocycles. The molecule has 112 valence electrons. The second-order valence-electron chi connectivity index (χ2n) is 6.12. The molecule has 1 aliphatic rings. The fraction of sp³-hybridized carbons (Fsp3) is 0.474. The Kier molecular flexibility index (Phi) is 4.46. The van der Waals surface area contributed by atoms with E-state index in [1.165, 1.54) is 36.0 Å². The first kappa shape index (κ1) is 14.8. The first-order valence-electron chi connectivity index (χ1n) is 8.08. The normalized spacial score (nSPS) is 19.3. The van der Waals surface area contributed by atoms with Crippen molar-refractivity contribution in [1.82, 2.24) is 5.32 Å². The highest BCUT2D eigenvalue weighted by atomic mass is 32.1. The minimum atomic E-state index is 0.448. The molecule has 3 rings (SSSR count). The highest BCUT2D eigenvalue weighted by molar-refractivity contribution is 7.10. The van der Waals surface area contributed by atoms with E-state index in [1.807, 2.05) is 11.3 Å². The second-order valence-corrected chi connectivity index (χ2v) is 7.12. The molecule has 2 heteroatoms. The zero-order valence-electron chi connectivity index (χ0n) is 13.3. The zero-order chi connectivity index (χ0) is 14.8. The van der Waals surface area contributed by atoms with Crippen LogP contribution in [0.3, 0.4) is 0 Å². The molecular formula is C19H25NS. The minimum Gasteiger partial charge on any atom is -0.310 e. The third-order valence-electron chi connectivity index (χ3n) is 4.91. The maximum atomic E-state index is 3.77. The van der Waals surface area contributed by atoms with Gasteiger partial charge in [-0.2, -0.15) is 0 Å². The lowest BCUT2D eigenvalue weighted by molar-refractivity contribution is 0.410. The van der Waals surface area contributed by atoms with Crippen LogP contribution >= 0.6 is 11.3 Å². The monoisotopic (exact) mass is 299 g/mol. The molecule has 1 aromatic heterocycles. The van der Waals surface area contributed by atoms with Crippen LogP contribution in [0.1, 0.15) is 58.9 Å². The maximum Gasteiger partial charge on any atom is 0.0392 e. The summed E-state index contributed by atoms with van der Waals surface area (Å²) in [5.74, 6) is 0.625. The van der Waals surface area contributed by atoms with Crippen LogP contribution in [0, 0.1) is 13.8 Å². The van der Waals surface area contributed by atoms with Gasteiger partial charge in [0.2, 0.25) is 0 Å². The highest BCUT2D eigenvalue weighted by Crippen LogP contribution is 2.43. The van der Waals surface area contributed by atoms with E-state index in [1.54, 1.807) is 10.4 Å². The van der Waals surface area contributed by atoms with Crippen LogP contribution < -0.4 is 5.32 Å². The van der Waals surface area contributed by atoms with Gasteiger partial charge >= 0.3 is 0 Å². The molecule has 0 amide bonds. The van der Waals surface area contributed by atoms with Crippen molar-refractivity contribution in [3.8, 4) is 0 Å². The summed E-state index contributed by atoms with van der Waals surface area (Å²) in [7, 11) is 0. The number of hydrogen-bond acceptors (Lipinski definition) is 2. The molecule has 0 bridgehead atoms. The van der Waals surface area contributed by atoms with Gasteiger partial charge in [0.15, 0.2) is 0 Å². The van der Waals surface area contributed by atoms with E-state index in [4.69, 9.17) is 0 Å². The number of thiophene rings is 1. The van der Waals surface area contributed by atoms with Crippen molar-refractivity contribution >= 4 is 11.3 Å². The van der Waals surface area contributed by atoms with Crippen LogP contribution in [0.2, 0.25) is 0 Å². The summed E-state index contributed by atoms with van der Waals surface area (Å²) in [5.41, 5.74) is 5.93. The minimum absolute atomic E-state index is 0.448. The molecule has 1 aliphatic carbocycles. The molecule has 0 radical (unpaired) electrons. The molecule has 0 aliphatic heterocycles. The smallest absolute Gasteiger partial charge is 0.0392 e. The topological polar surface area (TPSA) is 12.0 Å². The Hall–Kier alpha value is -1.12. The predicted molar refractivity (Wildman–Crippen MR) is 92.3 cm³/mol. The van der Waals surface area contributed by atoms with Crippen LogP contribution in [0.4, 0.5) is 0 Å². The average Bonchev–Trinajstić information content (AvgIpc) is 2.97. The van der Waals surface area contributed by atoms with Crippen molar-refractivity contribution in [3.63, 3.8) is 0 Å². The van der Waals surface area contributed by atoms with Gasteiger partial charge in [-0.15, -0.1) is 11.3 Å². The van der Waals surface area contributed by atoms with Gasteiger partial charge in [-0.3, -0.25) is 0 Å². The summed E-state index contributed by atoms with van der Waals surface area (Å²) in [6, 6.07) is 9.55. The molecule has 1 N–H and O–H groups in total. The first-order chi connectivity index (χ1) is 10.2. The largest absolute Gasteiger partial charge is 0.310 e. The van der Waals surface area contributed by atoms with E-state index in [9.17, 15) is 0 Å². The fourth-order valence-corrected chi connectivity index (χ4v) is 4.66. The summed E-state index contributed by atoms with van der Waals surface area (Å²) in [6.07, 6.45) is 3.90. The summed E-state index contributed by atoms with van der Waals surface area (Å²) in [4.78, 5) is 1.61. The van der Waals surface area contributed by atoms with Crippen LogP contribution in [0.15, 0.2) is 29.6 Å². The molecule has 1 heterocycles. The fourth-order valence-electron chi connectivity index (χ4n) is 3.67. The summed E-state index contributed by atoms with van der Waals surface area (Å²) < 4.78 is 0. The molecule has 0 saturated carbocycles. The first-order valence-corrected chi connectivity index (χ1v) is 8.96. The molecule has 2 atom stereocenters. The van der Waals surface area contributed by atoms with Gasteiger partial charge < -0.3 is 5.32 Å². The third-order valence-corrected chi connectivity index (χ3v) is 5.90. The highest BCUT2D eigenvalue weighted by Gasteiger charge is 2.30. The number of benzene rings is 1. The van der Waals surface area contributed by atoms with Crippen molar-refractivity contribution in [2.75, 3.05) is 6.54 Å². The maximum absolute atomic E-state index is 3.77. The number of likely N-dealkylation sites (N-methyl/N-ethyl adjacent to an activating group) is 1. The molecular weight excluding hydrogens is 274 g/mol. The van der Waals surface area contributed by atoms with E-state index in [-0.39, 0.29) is 0 Å². The number of nitrogens with one attached hydrogen (secondary N) is 1. The predicted octanol–water partition coefficient (Wildman–Crippen LogP) is 5.14. The lowest BCUT2D eigenvalue weighted by Crippen LogP contribution is -2.29. The van der Waals surface area contributed by atoms with Gasteiger partial charge in [0.05, 0.1) is 0 Å². The molecule has 0 spiro atoms. The van der Waals surface area contributed by atoms with Gasteiger partial charge in [0.25, 0.3) is 0 Å². The quantitative estimate of drug-likeness (QED) is 0.824. The molecule has 1 aromatic carbocycles. The second kappa shape index (κ2) is 6.33. The number of aryl methyl sites for hydroxylation is 2. The Morgan fingerprint density at radius 2 is 2.14 bits per heavy atom. The summed E-state index contributed by atoms with van der Waals surface area (Å²) >= 11 is 1.94. The van der Waals surface area contributed by atoms with Crippen LogP contribution in [-0.4, -0.2) is 6.54 Å². The Morgan fingerprint density at radius 3 is 2.95 bits per heavy atom. The lowest BCUT2D eigenvalue weighted by atomic mass is 9.78. The van der Waals surface area contributed by atoms with E-state index < -0.39 is 0 Å². The van der Waals surface area contributed by atoms with Crippen molar-refractivity contribution in [2.24, 2.45) is 0 Å². The van der Waals surface area contributed by atoms with Gasteiger partial charge in [-0.1, -0.05) is 25.1 Å². The average molecular weight is 299 g/mol. The van der Waals surface area contributed by atoms with Gasteiger partial charge in [0.1, 0.15) is 0 Å². The Labute approximate surface area is 132 Å². The SMILES string of the molecule is CCNC(c1cccc(C)c1C)C1CCCc2sccc21. The van der Waals surface area contributed by atoms with Gasteiger partial charge in [0, 0.05) is 16.8 Å². The van der Waals surface area contributed by atoms with Crippen LogP contribution in [0.25, 0.3) is 0 Å². The molecule has 1 nitrogen and oxygen atoms in total. The summed E-state index contributed by atoms with van der Waals surface area (Å²) in [6.45, 7) is 7.73. The van der Waals surface area contributed by atoms with E-state index >= 15 is 0 Å². The van der Waals surface area contributed by atoms with Gasteiger partial charge in [-0.25, -0.2) is 0 Å². The van der Waals surface area contributed by atoms with Crippen LogP contribution in [0.5, 0.6) is 0 Å². The molecule has 21 heavy (non-hydrogen) atoms. The lowest BCUT2D eigenvalue weighted by Gasteiger charge is -2.33. The van der Waals surface area contributed by atoms with Crippen molar-refractivity contribution in [2.45, 2.75) is 52.0 Å². The number of hydrogen-bond donors (Lipinski definition) is 1. The summed E-state index contributed by atoms with van der Waals surface area (Å²) in [5, 5.41) is 6.04. The molecule has 2 aromatic rings.